The first-order valence-electron chi connectivity index (χ1n) is 15.6. The van der Waals surface area contributed by atoms with Crippen molar-refractivity contribution in [3.63, 3.8) is 0 Å². The molecule has 0 spiro atoms. The average molecular weight is 658 g/mol. The van der Waals surface area contributed by atoms with Crippen LogP contribution in [0.3, 0.4) is 0 Å². The number of carbonyl (C=O) groups is 2. The van der Waals surface area contributed by atoms with Gasteiger partial charge in [0.05, 0.1) is 18.8 Å². The maximum atomic E-state index is 12.3. The van der Waals surface area contributed by atoms with Crippen molar-refractivity contribution in [1.29, 1.82) is 0 Å². The van der Waals surface area contributed by atoms with Crippen LogP contribution in [0.15, 0.2) is 102 Å². The monoisotopic (exact) mass is 657 g/mol. The Morgan fingerprint density at radius 1 is 0.851 bits per heavy atom. The summed E-state index contributed by atoms with van der Waals surface area (Å²) < 4.78 is 13.9. The Morgan fingerprint density at radius 3 is 2.34 bits per heavy atom. The Labute approximate surface area is 278 Å². The highest BCUT2D eigenvalue weighted by Crippen LogP contribution is 2.40. The van der Waals surface area contributed by atoms with Crippen LogP contribution in [0.2, 0.25) is 0 Å². The summed E-state index contributed by atoms with van der Waals surface area (Å²) in [6.07, 6.45) is 2.57. The van der Waals surface area contributed by atoms with Gasteiger partial charge in [0.15, 0.2) is 12.5 Å². The molecule has 246 valence electrons. The van der Waals surface area contributed by atoms with E-state index in [1.54, 1.807) is 17.6 Å². The number of aliphatic hydroxyl groups is 1. The number of aliphatic hydroxyl groups excluding tert-OH is 1. The van der Waals surface area contributed by atoms with Crippen LogP contribution < -0.4 is 15.5 Å². The number of carbonyl (C=O) groups excluding carboxylic acids is 2. The molecule has 1 aromatic heterocycles. The summed E-state index contributed by atoms with van der Waals surface area (Å²) in [6.45, 7) is 0.343. The second kappa shape index (κ2) is 17.1. The van der Waals surface area contributed by atoms with Crippen molar-refractivity contribution in [2.24, 2.45) is 0 Å². The van der Waals surface area contributed by atoms with Crippen molar-refractivity contribution in [3.05, 3.63) is 125 Å². The van der Waals surface area contributed by atoms with Gasteiger partial charge < -0.3 is 25.1 Å². The van der Waals surface area contributed by atoms with Crippen LogP contribution >= 0.6 is 11.8 Å². The average Bonchev–Trinajstić information content (AvgIpc) is 3.12. The summed E-state index contributed by atoms with van der Waals surface area (Å²) in [5.74, 6) is 0.0169. The van der Waals surface area contributed by atoms with Gasteiger partial charge >= 0.3 is 0 Å². The predicted octanol–water partition coefficient (Wildman–Crippen LogP) is 5.50. The standard InChI is InChI=1S/C36H39N3O7S/c40-23-25-14-16-27(17-15-25)32-21-31(24-47-35-13-3-4-18-39(35)44)45-36(46-32)30-10-6-9-29(20-30)28-8-5-7-26(19-28)22-37-33(41)11-1-2-12-34(42)38-43/h3-10,13-20,31-32,36,40,43H,1-2,11-12,21-24H2,(H,37,41)(H,38,42)/t31-,32+,36+/m1/s1. The summed E-state index contributed by atoms with van der Waals surface area (Å²) >= 11 is 1.45. The summed E-state index contributed by atoms with van der Waals surface area (Å²) in [7, 11) is 0. The quantitative estimate of drug-likeness (QED) is 0.0348. The third kappa shape index (κ3) is 9.87. The van der Waals surface area contributed by atoms with Gasteiger partial charge in [-0.1, -0.05) is 72.4 Å². The van der Waals surface area contributed by atoms with Gasteiger partial charge in [0.1, 0.15) is 0 Å². The van der Waals surface area contributed by atoms with E-state index in [0.717, 1.165) is 38.1 Å². The van der Waals surface area contributed by atoms with Gasteiger partial charge in [-0.05, 0) is 58.9 Å². The lowest BCUT2D eigenvalue weighted by Gasteiger charge is -2.36. The lowest BCUT2D eigenvalue weighted by molar-refractivity contribution is -0.645. The van der Waals surface area contributed by atoms with E-state index in [2.05, 4.69) is 11.4 Å². The summed E-state index contributed by atoms with van der Waals surface area (Å²) in [6, 6.07) is 29.1. The number of nitrogens with zero attached hydrogens (tertiary/aromatic N) is 1. The van der Waals surface area contributed by atoms with Gasteiger partial charge in [-0.25, -0.2) is 5.48 Å². The molecule has 0 radical (unpaired) electrons. The maximum Gasteiger partial charge on any atom is 0.251 e. The predicted molar refractivity (Wildman–Crippen MR) is 177 cm³/mol. The van der Waals surface area contributed by atoms with Gasteiger partial charge in [0.25, 0.3) is 5.03 Å². The Bertz CT molecular complexity index is 1640. The third-order valence-electron chi connectivity index (χ3n) is 7.91. The summed E-state index contributed by atoms with van der Waals surface area (Å²) in [5, 5.41) is 33.9. The minimum atomic E-state index is -0.641. The molecule has 3 atom stereocenters. The van der Waals surface area contributed by atoms with Gasteiger partial charge in [-0.15, -0.1) is 0 Å². The third-order valence-corrected chi connectivity index (χ3v) is 9.06. The van der Waals surface area contributed by atoms with Crippen LogP contribution in [-0.4, -0.2) is 34.0 Å². The number of amides is 2. The number of unbranched alkanes of at least 4 members (excludes halogenated alkanes) is 1. The highest BCUT2D eigenvalue weighted by molar-refractivity contribution is 7.99. The van der Waals surface area contributed by atoms with Crippen LogP contribution in [-0.2, 0) is 32.2 Å². The van der Waals surface area contributed by atoms with Crippen LogP contribution in [0.4, 0.5) is 0 Å². The molecule has 1 saturated heterocycles. The first kappa shape index (κ1) is 34.1. The van der Waals surface area contributed by atoms with E-state index in [1.807, 2.05) is 72.8 Å². The molecule has 2 amide bonds. The molecule has 0 aliphatic carbocycles. The number of ether oxygens (including phenoxy) is 2. The fourth-order valence-corrected chi connectivity index (χ4v) is 6.30. The molecule has 10 nitrogen and oxygen atoms in total. The van der Waals surface area contributed by atoms with Crippen LogP contribution in [0.1, 0.15) is 66.8 Å². The van der Waals surface area contributed by atoms with Crippen molar-refractivity contribution in [1.82, 2.24) is 10.8 Å². The van der Waals surface area contributed by atoms with Gasteiger partial charge in [-0.2, -0.15) is 4.73 Å². The molecule has 0 unspecified atom stereocenters. The van der Waals surface area contributed by atoms with E-state index < -0.39 is 12.2 Å². The molecule has 4 aromatic rings. The first-order valence-corrected chi connectivity index (χ1v) is 16.6. The summed E-state index contributed by atoms with van der Waals surface area (Å²) in [4.78, 5) is 23.4. The fraction of sp³-hybridized carbons (Fsp3) is 0.306. The molecule has 3 aromatic carbocycles. The topological polar surface area (TPSA) is 144 Å². The van der Waals surface area contributed by atoms with Crippen LogP contribution in [0, 0.1) is 5.21 Å². The van der Waals surface area contributed by atoms with Gasteiger partial charge in [0.2, 0.25) is 11.8 Å². The Morgan fingerprint density at radius 2 is 1.60 bits per heavy atom. The SMILES string of the molecule is O=C(CCCCC(=O)NCc1cccc(-c2cccc([C@H]3O[C@@H](CSc4cccc[n+]4[O-])C[C@@H](c4ccc(CO)cc4)O3)c2)c1)NO. The maximum absolute atomic E-state index is 12.3. The molecule has 4 N–H and O–H groups in total. The number of rotatable bonds is 14. The number of pyridine rings is 1. The minimum Gasteiger partial charge on any atom is -0.618 e. The molecule has 1 aliphatic heterocycles. The summed E-state index contributed by atoms with van der Waals surface area (Å²) in [5.41, 5.74) is 7.18. The Balaban J connectivity index is 1.27. The van der Waals surface area contributed by atoms with E-state index in [1.165, 1.54) is 18.0 Å². The minimum absolute atomic E-state index is 0.0309. The molecule has 1 fully saturated rings. The Hall–Kier alpha value is -4.26. The molecule has 47 heavy (non-hydrogen) atoms. The number of benzene rings is 3. The van der Waals surface area contributed by atoms with Crippen LogP contribution in [0.5, 0.6) is 0 Å². The molecule has 5 rings (SSSR count). The molecule has 0 bridgehead atoms. The second-order valence-corrected chi connectivity index (χ2v) is 12.4. The molecule has 0 saturated carbocycles. The van der Waals surface area contributed by atoms with Crippen LogP contribution in [0.25, 0.3) is 11.1 Å². The largest absolute Gasteiger partial charge is 0.618 e. The van der Waals surface area contributed by atoms with Gasteiger partial charge in [0, 0.05) is 49.3 Å². The zero-order valence-electron chi connectivity index (χ0n) is 25.9. The molecular weight excluding hydrogens is 618 g/mol. The lowest BCUT2D eigenvalue weighted by Crippen LogP contribution is -2.32. The smallest absolute Gasteiger partial charge is 0.251 e. The zero-order valence-corrected chi connectivity index (χ0v) is 26.7. The highest BCUT2D eigenvalue weighted by atomic mass is 32.2. The van der Waals surface area contributed by atoms with Gasteiger partial charge in [-0.3, -0.25) is 14.8 Å². The first-order chi connectivity index (χ1) is 22.9. The zero-order chi connectivity index (χ0) is 33.0. The molecule has 2 heterocycles. The van der Waals surface area contributed by atoms with E-state index in [0.29, 0.717) is 43.0 Å². The fourth-order valence-electron chi connectivity index (χ4n) is 5.37. The van der Waals surface area contributed by atoms with Crippen molar-refractivity contribution in [3.8, 4) is 11.1 Å². The molecule has 11 heteroatoms. The van der Waals surface area contributed by atoms with Crippen molar-refractivity contribution in [2.75, 3.05) is 5.75 Å². The number of aromatic nitrogens is 1. The highest BCUT2D eigenvalue weighted by Gasteiger charge is 2.33. The number of nitrogens with one attached hydrogen (secondary N) is 2. The van der Waals surface area contributed by atoms with Crippen molar-refractivity contribution >= 4 is 23.6 Å². The lowest BCUT2D eigenvalue weighted by atomic mass is 9.99. The normalized spacial score (nSPS) is 17.6. The van der Waals surface area contributed by atoms with E-state index in [4.69, 9.17) is 14.7 Å². The number of thioether (sulfide) groups is 1. The van der Waals surface area contributed by atoms with E-state index in [-0.39, 0.29) is 31.1 Å². The second-order valence-electron chi connectivity index (χ2n) is 11.4. The Kier molecular flexibility index (Phi) is 12.4. The van der Waals surface area contributed by atoms with Crippen molar-refractivity contribution < 1.29 is 34.1 Å². The van der Waals surface area contributed by atoms with E-state index in [9.17, 15) is 19.9 Å². The van der Waals surface area contributed by atoms with Crippen molar-refractivity contribution in [2.45, 2.75) is 68.8 Å². The number of hydrogen-bond acceptors (Lipinski definition) is 8. The molecule has 1 aliphatic rings. The van der Waals surface area contributed by atoms with E-state index >= 15 is 0 Å². The number of hydrogen-bond donors (Lipinski definition) is 4. The molecular formula is C36H39N3O7S. The number of hydroxylamine groups is 1.